The third-order valence-electron chi connectivity index (χ3n) is 6.39. The van der Waals surface area contributed by atoms with Gasteiger partial charge in [0.15, 0.2) is 0 Å². The van der Waals surface area contributed by atoms with E-state index in [0.29, 0.717) is 49.1 Å². The maximum absolute atomic E-state index is 13.3. The number of hydrogen-bond donors (Lipinski definition) is 2. The summed E-state index contributed by atoms with van der Waals surface area (Å²) >= 11 is 0. The number of anilines is 2. The third kappa shape index (κ3) is 7.71. The SMILES string of the molecule is CC(C)(C)OC(=O)N1CC(COc2cc(NC(=O)c3cccnc3NCc3ccncc3)ccc2C(C)(C)C)C1. The van der Waals surface area contributed by atoms with Crippen LogP contribution in [0, 0.1) is 5.92 Å². The van der Waals surface area contributed by atoms with Crippen molar-refractivity contribution in [2.75, 3.05) is 30.3 Å². The van der Waals surface area contributed by atoms with Crippen molar-refractivity contribution in [3.05, 3.63) is 77.7 Å². The normalized spacial score (nSPS) is 13.8. The van der Waals surface area contributed by atoms with Gasteiger partial charge in [-0.2, -0.15) is 0 Å². The Morgan fingerprint density at radius 3 is 2.40 bits per heavy atom. The van der Waals surface area contributed by atoms with Crippen LogP contribution in [0.4, 0.5) is 16.3 Å². The molecule has 0 radical (unpaired) electrons. The second-order valence-corrected chi connectivity index (χ2v) is 12.1. The van der Waals surface area contributed by atoms with E-state index in [-0.39, 0.29) is 23.3 Å². The van der Waals surface area contributed by atoms with E-state index in [1.54, 1.807) is 35.6 Å². The molecule has 40 heavy (non-hydrogen) atoms. The molecule has 2 aromatic heterocycles. The molecule has 212 valence electrons. The summed E-state index contributed by atoms with van der Waals surface area (Å²) < 4.78 is 11.7. The number of aromatic nitrogens is 2. The molecule has 0 bridgehead atoms. The lowest BCUT2D eigenvalue weighted by Crippen LogP contribution is -2.53. The first-order chi connectivity index (χ1) is 18.9. The van der Waals surface area contributed by atoms with Gasteiger partial charge in [-0.25, -0.2) is 9.78 Å². The van der Waals surface area contributed by atoms with Crippen molar-refractivity contribution in [1.82, 2.24) is 14.9 Å². The lowest BCUT2D eigenvalue weighted by molar-refractivity contribution is -0.00790. The predicted octanol–water partition coefficient (Wildman–Crippen LogP) is 5.88. The van der Waals surface area contributed by atoms with Crippen LogP contribution in [-0.4, -0.2) is 52.2 Å². The number of nitrogens with one attached hydrogen (secondary N) is 2. The van der Waals surface area contributed by atoms with Crippen LogP contribution in [-0.2, 0) is 16.7 Å². The number of hydrogen-bond acceptors (Lipinski definition) is 7. The maximum atomic E-state index is 13.3. The number of likely N-dealkylation sites (tertiary alicyclic amines) is 1. The molecular weight excluding hydrogens is 506 g/mol. The van der Waals surface area contributed by atoms with Gasteiger partial charge in [-0.3, -0.25) is 9.78 Å². The average Bonchev–Trinajstić information content (AvgIpc) is 2.85. The Labute approximate surface area is 236 Å². The summed E-state index contributed by atoms with van der Waals surface area (Å²) in [5.74, 6) is 1.15. The number of pyridine rings is 2. The fourth-order valence-electron chi connectivity index (χ4n) is 4.31. The van der Waals surface area contributed by atoms with Crippen LogP contribution < -0.4 is 15.4 Å². The summed E-state index contributed by atoms with van der Waals surface area (Å²) in [6.07, 6.45) is 4.81. The summed E-state index contributed by atoms with van der Waals surface area (Å²) in [5, 5.41) is 6.24. The Morgan fingerprint density at radius 2 is 1.73 bits per heavy atom. The highest BCUT2D eigenvalue weighted by Crippen LogP contribution is 2.34. The number of benzene rings is 1. The van der Waals surface area contributed by atoms with Crippen LogP contribution in [0.1, 0.15) is 63.0 Å². The number of rotatable bonds is 8. The number of carbonyl (C=O) groups is 2. The maximum Gasteiger partial charge on any atom is 0.410 e. The van der Waals surface area contributed by atoms with Crippen molar-refractivity contribution >= 4 is 23.5 Å². The van der Waals surface area contributed by atoms with Gasteiger partial charge in [-0.1, -0.05) is 26.8 Å². The molecule has 2 amide bonds. The minimum absolute atomic E-state index is 0.159. The highest BCUT2D eigenvalue weighted by molar-refractivity contribution is 6.07. The topological polar surface area (TPSA) is 106 Å². The van der Waals surface area contributed by atoms with Gasteiger partial charge in [0.25, 0.3) is 5.91 Å². The van der Waals surface area contributed by atoms with E-state index in [4.69, 9.17) is 9.47 Å². The van der Waals surface area contributed by atoms with Gasteiger partial charge in [0.05, 0.1) is 12.2 Å². The van der Waals surface area contributed by atoms with E-state index < -0.39 is 5.60 Å². The van der Waals surface area contributed by atoms with E-state index in [1.807, 2.05) is 51.1 Å². The van der Waals surface area contributed by atoms with Crippen molar-refractivity contribution in [2.24, 2.45) is 5.92 Å². The summed E-state index contributed by atoms with van der Waals surface area (Å²) in [5.41, 5.74) is 2.46. The quantitative estimate of drug-likeness (QED) is 0.364. The zero-order chi connectivity index (χ0) is 28.9. The molecule has 1 aliphatic rings. The van der Waals surface area contributed by atoms with Gasteiger partial charge in [0.1, 0.15) is 17.2 Å². The lowest BCUT2D eigenvalue weighted by atomic mass is 9.86. The van der Waals surface area contributed by atoms with E-state index in [9.17, 15) is 9.59 Å². The van der Waals surface area contributed by atoms with E-state index in [1.165, 1.54) is 0 Å². The van der Waals surface area contributed by atoms with E-state index in [2.05, 4.69) is 41.4 Å². The molecule has 1 fully saturated rings. The molecule has 4 rings (SSSR count). The Morgan fingerprint density at radius 1 is 1.00 bits per heavy atom. The van der Waals surface area contributed by atoms with E-state index >= 15 is 0 Å². The zero-order valence-corrected chi connectivity index (χ0v) is 24.2. The number of nitrogens with zero attached hydrogens (tertiary/aromatic N) is 3. The summed E-state index contributed by atoms with van der Waals surface area (Å²) in [7, 11) is 0. The van der Waals surface area contributed by atoms with Crippen LogP contribution >= 0.6 is 0 Å². The van der Waals surface area contributed by atoms with Crippen molar-refractivity contribution in [1.29, 1.82) is 0 Å². The first kappa shape index (κ1) is 28.9. The van der Waals surface area contributed by atoms with Gasteiger partial charge >= 0.3 is 6.09 Å². The van der Waals surface area contributed by atoms with Crippen LogP contribution in [0.25, 0.3) is 0 Å². The Bertz CT molecular complexity index is 1330. The average molecular weight is 546 g/mol. The molecule has 3 heterocycles. The predicted molar refractivity (Wildman–Crippen MR) is 156 cm³/mol. The van der Waals surface area contributed by atoms with Crippen molar-refractivity contribution in [3.63, 3.8) is 0 Å². The monoisotopic (exact) mass is 545 g/mol. The largest absolute Gasteiger partial charge is 0.493 e. The number of ether oxygens (including phenoxy) is 2. The second kappa shape index (κ2) is 11.9. The smallest absolute Gasteiger partial charge is 0.410 e. The molecule has 1 aromatic carbocycles. The van der Waals surface area contributed by atoms with Crippen LogP contribution in [0.5, 0.6) is 5.75 Å². The third-order valence-corrected chi connectivity index (χ3v) is 6.39. The highest BCUT2D eigenvalue weighted by atomic mass is 16.6. The standard InChI is InChI=1S/C31H39N5O4/c1-30(2,3)25-10-9-23(16-26(25)39-20-22-18-36(19-22)29(38)40-31(4,5)6)35-28(37)24-8-7-13-33-27(24)34-17-21-11-14-32-15-12-21/h7-16,22H,17-20H2,1-6H3,(H,33,34)(H,35,37). The van der Waals surface area contributed by atoms with Gasteiger partial charge in [-0.15, -0.1) is 0 Å². The lowest BCUT2D eigenvalue weighted by Gasteiger charge is -2.39. The molecule has 2 N–H and O–H groups in total. The number of amides is 2. The Kier molecular flexibility index (Phi) is 8.61. The highest BCUT2D eigenvalue weighted by Gasteiger charge is 2.34. The van der Waals surface area contributed by atoms with Gasteiger partial charge in [0.2, 0.25) is 0 Å². The molecule has 9 nitrogen and oxygen atoms in total. The first-order valence-corrected chi connectivity index (χ1v) is 13.5. The molecule has 0 unspecified atom stereocenters. The molecule has 0 atom stereocenters. The van der Waals surface area contributed by atoms with Gasteiger partial charge in [-0.05, 0) is 67.6 Å². The Balaban J connectivity index is 1.41. The van der Waals surface area contributed by atoms with Crippen molar-refractivity contribution in [3.8, 4) is 5.75 Å². The molecule has 1 aliphatic heterocycles. The molecule has 0 saturated carbocycles. The van der Waals surface area contributed by atoms with Crippen molar-refractivity contribution in [2.45, 2.75) is 59.1 Å². The first-order valence-electron chi connectivity index (χ1n) is 13.5. The number of carbonyl (C=O) groups excluding carboxylic acids is 2. The Hall–Kier alpha value is -4.14. The zero-order valence-electron chi connectivity index (χ0n) is 24.2. The minimum atomic E-state index is -0.516. The second-order valence-electron chi connectivity index (χ2n) is 12.1. The molecule has 9 heteroatoms. The molecule has 3 aromatic rings. The fraction of sp³-hybridized carbons (Fsp3) is 0.419. The molecular formula is C31H39N5O4. The van der Waals surface area contributed by atoms with Gasteiger partial charge in [0, 0.05) is 55.9 Å². The molecule has 0 spiro atoms. The fourth-order valence-corrected chi connectivity index (χ4v) is 4.31. The minimum Gasteiger partial charge on any atom is -0.493 e. The summed E-state index contributed by atoms with van der Waals surface area (Å²) in [6.45, 7) is 14.1. The van der Waals surface area contributed by atoms with Gasteiger partial charge < -0.3 is 25.0 Å². The summed E-state index contributed by atoms with van der Waals surface area (Å²) in [6, 6.07) is 13.0. The molecule has 1 saturated heterocycles. The van der Waals surface area contributed by atoms with Crippen LogP contribution in [0.2, 0.25) is 0 Å². The van der Waals surface area contributed by atoms with E-state index in [0.717, 1.165) is 11.1 Å². The van der Waals surface area contributed by atoms with Crippen molar-refractivity contribution < 1.29 is 19.1 Å². The van der Waals surface area contributed by atoms with Crippen LogP contribution in [0.3, 0.4) is 0 Å². The van der Waals surface area contributed by atoms with Crippen LogP contribution in [0.15, 0.2) is 61.1 Å². The molecule has 0 aliphatic carbocycles. The summed E-state index contributed by atoms with van der Waals surface area (Å²) in [4.78, 5) is 35.6.